The van der Waals surface area contributed by atoms with Gasteiger partial charge in [-0.3, -0.25) is 0 Å². The van der Waals surface area contributed by atoms with E-state index in [1.54, 1.807) is 13.2 Å². The molecule has 1 atom stereocenters. The van der Waals surface area contributed by atoms with Crippen LogP contribution in [0.1, 0.15) is 11.1 Å². The van der Waals surface area contributed by atoms with Gasteiger partial charge in [0, 0.05) is 29.2 Å². The van der Waals surface area contributed by atoms with Crippen LogP contribution in [-0.4, -0.2) is 26.2 Å². The summed E-state index contributed by atoms with van der Waals surface area (Å²) >= 11 is 12.4. The van der Waals surface area contributed by atoms with Crippen LogP contribution in [0.4, 0.5) is 0 Å². The SMILES string of the molecule is COc1cccc(CC2NCC(c3ccc(Cl)cc3Cl)=C2CN)c1. The van der Waals surface area contributed by atoms with Crippen LogP contribution in [0.3, 0.4) is 0 Å². The lowest BCUT2D eigenvalue weighted by Crippen LogP contribution is -2.29. The summed E-state index contributed by atoms with van der Waals surface area (Å²) in [5.41, 5.74) is 10.6. The highest BCUT2D eigenvalue weighted by atomic mass is 35.5. The van der Waals surface area contributed by atoms with Crippen LogP contribution in [0.25, 0.3) is 5.57 Å². The fraction of sp³-hybridized carbons (Fsp3) is 0.263. The molecule has 0 aliphatic carbocycles. The highest BCUT2D eigenvalue weighted by molar-refractivity contribution is 6.35. The molecule has 2 aromatic rings. The van der Waals surface area contributed by atoms with E-state index in [1.807, 2.05) is 24.3 Å². The maximum Gasteiger partial charge on any atom is 0.119 e. The number of nitrogens with one attached hydrogen (secondary N) is 1. The zero-order chi connectivity index (χ0) is 17.1. The van der Waals surface area contributed by atoms with Gasteiger partial charge in [-0.1, -0.05) is 41.4 Å². The van der Waals surface area contributed by atoms with Crippen molar-refractivity contribution >= 4 is 28.8 Å². The molecule has 0 spiro atoms. The molecule has 126 valence electrons. The van der Waals surface area contributed by atoms with Gasteiger partial charge >= 0.3 is 0 Å². The molecule has 3 nitrogen and oxygen atoms in total. The molecule has 0 radical (unpaired) electrons. The molecular formula is C19H20Cl2N2O. The highest BCUT2D eigenvalue weighted by Crippen LogP contribution is 2.33. The van der Waals surface area contributed by atoms with E-state index in [4.69, 9.17) is 33.7 Å². The van der Waals surface area contributed by atoms with Gasteiger partial charge in [-0.25, -0.2) is 0 Å². The van der Waals surface area contributed by atoms with Crippen molar-refractivity contribution in [2.45, 2.75) is 12.5 Å². The molecule has 1 heterocycles. The summed E-state index contributed by atoms with van der Waals surface area (Å²) in [6, 6.07) is 13.9. The third-order valence-corrected chi connectivity index (χ3v) is 4.93. The van der Waals surface area contributed by atoms with Gasteiger partial charge in [0.05, 0.1) is 7.11 Å². The lowest BCUT2D eigenvalue weighted by Gasteiger charge is -2.15. The minimum atomic E-state index is 0.198. The maximum absolute atomic E-state index is 6.38. The van der Waals surface area contributed by atoms with Crippen LogP contribution in [0, 0.1) is 0 Å². The van der Waals surface area contributed by atoms with Gasteiger partial charge in [0.25, 0.3) is 0 Å². The quantitative estimate of drug-likeness (QED) is 0.846. The number of rotatable bonds is 5. The summed E-state index contributed by atoms with van der Waals surface area (Å²) in [7, 11) is 1.68. The van der Waals surface area contributed by atoms with Gasteiger partial charge in [-0.2, -0.15) is 0 Å². The maximum atomic E-state index is 6.38. The number of methoxy groups -OCH3 is 1. The summed E-state index contributed by atoms with van der Waals surface area (Å²) in [5.74, 6) is 0.866. The van der Waals surface area contributed by atoms with Gasteiger partial charge in [-0.15, -0.1) is 0 Å². The molecule has 0 saturated heterocycles. The van der Waals surface area contributed by atoms with Crippen LogP contribution in [0.5, 0.6) is 5.75 Å². The summed E-state index contributed by atoms with van der Waals surface area (Å²) in [6.07, 6.45) is 0.860. The van der Waals surface area contributed by atoms with Crippen LogP contribution < -0.4 is 15.8 Å². The van der Waals surface area contributed by atoms with E-state index in [2.05, 4.69) is 17.4 Å². The number of ether oxygens (including phenoxy) is 1. The first-order chi connectivity index (χ1) is 11.6. The molecule has 3 rings (SSSR count). The first kappa shape index (κ1) is 17.3. The average molecular weight is 363 g/mol. The lowest BCUT2D eigenvalue weighted by molar-refractivity contribution is 0.414. The predicted octanol–water partition coefficient (Wildman–Crippen LogP) is 3.93. The third-order valence-electron chi connectivity index (χ3n) is 4.38. The summed E-state index contributed by atoms with van der Waals surface area (Å²) in [5, 5.41) is 4.84. The van der Waals surface area contributed by atoms with E-state index in [9.17, 15) is 0 Å². The van der Waals surface area contributed by atoms with Gasteiger partial charge < -0.3 is 15.8 Å². The van der Waals surface area contributed by atoms with E-state index in [-0.39, 0.29) is 6.04 Å². The number of benzene rings is 2. The van der Waals surface area contributed by atoms with E-state index in [0.29, 0.717) is 16.6 Å². The summed E-state index contributed by atoms with van der Waals surface area (Å²) in [4.78, 5) is 0. The van der Waals surface area contributed by atoms with Crippen LogP contribution in [0.2, 0.25) is 10.0 Å². The van der Waals surface area contributed by atoms with Gasteiger partial charge in [0.1, 0.15) is 5.75 Å². The minimum absolute atomic E-state index is 0.198. The first-order valence-corrected chi connectivity index (χ1v) is 8.61. The largest absolute Gasteiger partial charge is 0.497 e. The normalized spacial score (nSPS) is 17.4. The molecule has 1 unspecified atom stereocenters. The second kappa shape index (κ2) is 7.58. The minimum Gasteiger partial charge on any atom is -0.497 e. The topological polar surface area (TPSA) is 47.3 Å². The monoisotopic (exact) mass is 362 g/mol. The van der Waals surface area contributed by atoms with Gasteiger partial charge in [0.15, 0.2) is 0 Å². The molecule has 0 saturated carbocycles. The Balaban J connectivity index is 1.89. The Bertz CT molecular complexity index is 774. The molecule has 24 heavy (non-hydrogen) atoms. The van der Waals surface area contributed by atoms with Crippen LogP contribution in [-0.2, 0) is 6.42 Å². The number of nitrogens with two attached hydrogens (primary N) is 1. The van der Waals surface area contributed by atoms with Crippen molar-refractivity contribution in [2.75, 3.05) is 20.2 Å². The average Bonchev–Trinajstić information content (AvgIpc) is 2.97. The standard InChI is InChI=1S/C19H20Cl2N2O/c1-24-14-4-2-3-12(7-14)8-19-16(10-22)17(11-23-19)15-6-5-13(20)9-18(15)21/h2-7,9,19,23H,8,10-11,22H2,1H3. The molecule has 0 fully saturated rings. The van der Waals surface area contributed by atoms with Crippen LogP contribution >= 0.6 is 23.2 Å². The molecule has 0 bridgehead atoms. The molecule has 1 aliphatic rings. The van der Waals surface area contributed by atoms with Crippen molar-refractivity contribution in [1.82, 2.24) is 5.32 Å². The summed E-state index contributed by atoms with van der Waals surface area (Å²) in [6.45, 7) is 1.25. The predicted molar refractivity (Wildman–Crippen MR) is 101 cm³/mol. The smallest absolute Gasteiger partial charge is 0.119 e. The Labute approximate surface area is 152 Å². The molecule has 1 aliphatic heterocycles. The van der Waals surface area contributed by atoms with Crippen molar-refractivity contribution in [3.05, 3.63) is 69.2 Å². The fourth-order valence-electron chi connectivity index (χ4n) is 3.17. The van der Waals surface area contributed by atoms with E-state index < -0.39 is 0 Å². The zero-order valence-electron chi connectivity index (χ0n) is 13.5. The highest BCUT2D eigenvalue weighted by Gasteiger charge is 2.26. The van der Waals surface area contributed by atoms with Crippen molar-refractivity contribution in [2.24, 2.45) is 5.73 Å². The Morgan fingerprint density at radius 2 is 2.04 bits per heavy atom. The Morgan fingerprint density at radius 1 is 1.21 bits per heavy atom. The number of hydrogen-bond acceptors (Lipinski definition) is 3. The Morgan fingerprint density at radius 3 is 2.75 bits per heavy atom. The molecule has 0 amide bonds. The molecular weight excluding hydrogens is 343 g/mol. The second-order valence-electron chi connectivity index (χ2n) is 5.82. The number of hydrogen-bond donors (Lipinski definition) is 2. The van der Waals surface area contributed by atoms with E-state index >= 15 is 0 Å². The van der Waals surface area contributed by atoms with E-state index in [0.717, 1.165) is 24.3 Å². The first-order valence-electron chi connectivity index (χ1n) is 7.86. The van der Waals surface area contributed by atoms with Crippen molar-refractivity contribution < 1.29 is 4.74 Å². The number of halogens is 2. The molecule has 0 aromatic heterocycles. The Hall–Kier alpha value is -1.52. The molecule has 3 N–H and O–H groups in total. The molecule has 2 aromatic carbocycles. The third kappa shape index (κ3) is 3.60. The van der Waals surface area contributed by atoms with Gasteiger partial charge in [0.2, 0.25) is 0 Å². The Kier molecular flexibility index (Phi) is 5.47. The van der Waals surface area contributed by atoms with Crippen LogP contribution in [0.15, 0.2) is 48.0 Å². The second-order valence-corrected chi connectivity index (χ2v) is 6.66. The molecule has 5 heteroatoms. The van der Waals surface area contributed by atoms with Crippen molar-refractivity contribution in [3.63, 3.8) is 0 Å². The van der Waals surface area contributed by atoms with Crippen molar-refractivity contribution in [3.8, 4) is 5.75 Å². The van der Waals surface area contributed by atoms with Gasteiger partial charge in [-0.05, 0) is 53.0 Å². The lowest BCUT2D eigenvalue weighted by atomic mass is 9.95. The fourth-order valence-corrected chi connectivity index (χ4v) is 3.69. The van der Waals surface area contributed by atoms with E-state index in [1.165, 1.54) is 16.7 Å². The van der Waals surface area contributed by atoms with Crippen molar-refractivity contribution in [1.29, 1.82) is 0 Å². The summed E-state index contributed by atoms with van der Waals surface area (Å²) < 4.78 is 5.30. The zero-order valence-corrected chi connectivity index (χ0v) is 15.0.